The first-order valence-corrected chi connectivity index (χ1v) is 9.62. The number of aromatic nitrogens is 2. The number of hydrogen-bond acceptors (Lipinski definition) is 2. The van der Waals surface area contributed by atoms with Gasteiger partial charge in [-0.1, -0.05) is 42.5 Å². The van der Waals surface area contributed by atoms with Gasteiger partial charge >= 0.3 is 0 Å². The third kappa shape index (κ3) is 4.19. The maximum atomic E-state index is 13.1. The van der Waals surface area contributed by atoms with E-state index in [4.69, 9.17) is 4.98 Å². The van der Waals surface area contributed by atoms with E-state index in [9.17, 15) is 9.18 Å². The van der Waals surface area contributed by atoms with E-state index >= 15 is 0 Å². The normalized spacial score (nSPS) is 11.0. The topological polar surface area (TPSA) is 38.1 Å². The van der Waals surface area contributed by atoms with E-state index in [1.165, 1.54) is 12.1 Å². The van der Waals surface area contributed by atoms with Crippen LogP contribution in [0.3, 0.4) is 0 Å². The molecule has 0 atom stereocenters. The zero-order valence-electron chi connectivity index (χ0n) is 16.3. The van der Waals surface area contributed by atoms with Crippen LogP contribution < -0.4 is 0 Å². The lowest BCUT2D eigenvalue weighted by Gasteiger charge is -2.17. The minimum atomic E-state index is -0.275. The molecule has 0 saturated heterocycles. The Bertz CT molecular complexity index is 1120. The summed E-state index contributed by atoms with van der Waals surface area (Å²) in [5.41, 5.74) is 3.88. The highest BCUT2D eigenvalue weighted by Gasteiger charge is 2.15. The number of carbonyl (C=O) groups excluding carboxylic acids is 1. The second-order valence-electron chi connectivity index (χ2n) is 7.06. The quantitative estimate of drug-likeness (QED) is 0.479. The van der Waals surface area contributed by atoms with E-state index in [0.717, 1.165) is 28.1 Å². The fourth-order valence-electron chi connectivity index (χ4n) is 3.47. The van der Waals surface area contributed by atoms with Gasteiger partial charge in [0, 0.05) is 32.1 Å². The first-order chi connectivity index (χ1) is 14.1. The Labute approximate surface area is 169 Å². The van der Waals surface area contributed by atoms with Crippen molar-refractivity contribution >= 4 is 16.9 Å². The van der Waals surface area contributed by atoms with Gasteiger partial charge in [0.15, 0.2) is 0 Å². The highest BCUT2D eigenvalue weighted by molar-refractivity contribution is 5.79. The Morgan fingerprint density at radius 2 is 1.66 bits per heavy atom. The van der Waals surface area contributed by atoms with Crippen molar-refractivity contribution in [1.29, 1.82) is 0 Å². The Morgan fingerprint density at radius 1 is 0.966 bits per heavy atom. The van der Waals surface area contributed by atoms with Gasteiger partial charge in [0.1, 0.15) is 11.6 Å². The predicted molar refractivity (Wildman–Crippen MR) is 112 cm³/mol. The lowest BCUT2D eigenvalue weighted by molar-refractivity contribution is -0.130. The molecule has 5 heteroatoms. The highest BCUT2D eigenvalue weighted by Crippen LogP contribution is 2.22. The second kappa shape index (κ2) is 8.27. The zero-order valence-corrected chi connectivity index (χ0v) is 16.3. The minimum absolute atomic E-state index is 0.0287. The molecule has 0 saturated carbocycles. The van der Waals surface area contributed by atoms with Crippen molar-refractivity contribution in [1.82, 2.24) is 14.5 Å². The van der Waals surface area contributed by atoms with Crippen LogP contribution in [-0.2, 0) is 17.8 Å². The van der Waals surface area contributed by atoms with Crippen LogP contribution in [0.15, 0.2) is 78.9 Å². The van der Waals surface area contributed by atoms with Crippen LogP contribution in [0.4, 0.5) is 4.39 Å². The van der Waals surface area contributed by atoms with Crippen molar-refractivity contribution in [3.05, 3.63) is 96.1 Å². The molecular formula is C24H22FN3O. The van der Waals surface area contributed by atoms with Crippen LogP contribution in [0.5, 0.6) is 0 Å². The average Bonchev–Trinajstić information content (AvgIpc) is 3.12. The fourth-order valence-corrected chi connectivity index (χ4v) is 3.47. The largest absolute Gasteiger partial charge is 0.341 e. The Balaban J connectivity index is 1.52. The monoisotopic (exact) mass is 387 g/mol. The standard InChI is InChI=1S/C24H22FN3O/c1-27(17-18-11-13-19(25)14-12-18)24(29)16-15-23-26-21-9-5-6-10-22(21)28(23)20-7-3-2-4-8-20/h2-14H,15-17H2,1H3. The Kier molecular flexibility index (Phi) is 5.38. The molecule has 0 fully saturated rings. The van der Waals surface area contributed by atoms with Crippen molar-refractivity contribution in [2.24, 2.45) is 0 Å². The Hall–Kier alpha value is -3.47. The summed E-state index contributed by atoms with van der Waals surface area (Å²) in [6.45, 7) is 0.453. The summed E-state index contributed by atoms with van der Waals surface area (Å²) in [6, 6.07) is 24.3. The second-order valence-corrected chi connectivity index (χ2v) is 7.06. The summed E-state index contributed by atoms with van der Waals surface area (Å²) < 4.78 is 15.2. The maximum Gasteiger partial charge on any atom is 0.223 e. The third-order valence-corrected chi connectivity index (χ3v) is 4.97. The molecule has 4 aromatic rings. The number of imidazole rings is 1. The van der Waals surface area contributed by atoms with E-state index in [2.05, 4.69) is 4.57 Å². The molecule has 1 amide bonds. The number of aryl methyl sites for hydroxylation is 1. The van der Waals surface area contributed by atoms with Gasteiger partial charge in [-0.05, 0) is 42.0 Å². The van der Waals surface area contributed by atoms with Gasteiger partial charge in [0.05, 0.1) is 11.0 Å². The molecule has 4 nitrogen and oxygen atoms in total. The molecule has 0 N–H and O–H groups in total. The van der Waals surface area contributed by atoms with Crippen LogP contribution in [0.25, 0.3) is 16.7 Å². The van der Waals surface area contributed by atoms with E-state index in [0.29, 0.717) is 19.4 Å². The number of halogens is 1. The summed E-state index contributed by atoms with van der Waals surface area (Å²) in [6.07, 6.45) is 0.893. The molecule has 146 valence electrons. The molecular weight excluding hydrogens is 365 g/mol. The lowest BCUT2D eigenvalue weighted by Crippen LogP contribution is -2.26. The van der Waals surface area contributed by atoms with Gasteiger partial charge < -0.3 is 4.90 Å². The number of hydrogen-bond donors (Lipinski definition) is 0. The molecule has 0 spiro atoms. The molecule has 0 radical (unpaired) electrons. The minimum Gasteiger partial charge on any atom is -0.341 e. The number of carbonyl (C=O) groups is 1. The first-order valence-electron chi connectivity index (χ1n) is 9.62. The van der Waals surface area contributed by atoms with Crippen molar-refractivity contribution in [2.75, 3.05) is 7.05 Å². The van der Waals surface area contributed by atoms with Crippen molar-refractivity contribution in [3.63, 3.8) is 0 Å². The van der Waals surface area contributed by atoms with Gasteiger partial charge in [-0.25, -0.2) is 9.37 Å². The van der Waals surface area contributed by atoms with E-state index < -0.39 is 0 Å². The summed E-state index contributed by atoms with van der Waals surface area (Å²) in [5.74, 6) is 0.615. The molecule has 3 aromatic carbocycles. The molecule has 0 aliphatic rings. The van der Waals surface area contributed by atoms with Crippen LogP contribution in [0.2, 0.25) is 0 Å². The number of para-hydroxylation sites is 3. The molecule has 1 aromatic heterocycles. The van der Waals surface area contributed by atoms with Crippen molar-refractivity contribution in [2.45, 2.75) is 19.4 Å². The SMILES string of the molecule is CN(Cc1ccc(F)cc1)C(=O)CCc1nc2ccccc2n1-c1ccccc1. The molecule has 0 unspecified atom stereocenters. The summed E-state index contributed by atoms with van der Waals surface area (Å²) >= 11 is 0. The molecule has 1 heterocycles. The number of benzene rings is 3. The van der Waals surface area contributed by atoms with Crippen LogP contribution in [0, 0.1) is 5.82 Å². The van der Waals surface area contributed by atoms with Crippen molar-refractivity contribution < 1.29 is 9.18 Å². The number of rotatable bonds is 6. The van der Waals surface area contributed by atoms with Gasteiger partial charge in [0.2, 0.25) is 5.91 Å². The van der Waals surface area contributed by atoms with Crippen LogP contribution >= 0.6 is 0 Å². The number of amides is 1. The molecule has 0 bridgehead atoms. The zero-order chi connectivity index (χ0) is 20.2. The third-order valence-electron chi connectivity index (χ3n) is 4.97. The molecule has 0 aliphatic heterocycles. The van der Waals surface area contributed by atoms with Crippen molar-refractivity contribution in [3.8, 4) is 5.69 Å². The fraction of sp³-hybridized carbons (Fsp3) is 0.167. The summed E-state index contributed by atoms with van der Waals surface area (Å²) in [5, 5.41) is 0. The molecule has 4 rings (SSSR count). The molecule has 29 heavy (non-hydrogen) atoms. The highest BCUT2D eigenvalue weighted by atomic mass is 19.1. The van der Waals surface area contributed by atoms with Crippen LogP contribution in [0.1, 0.15) is 17.8 Å². The van der Waals surface area contributed by atoms with Gasteiger partial charge in [0.25, 0.3) is 0 Å². The summed E-state index contributed by atoms with van der Waals surface area (Å²) in [7, 11) is 1.77. The molecule has 0 aliphatic carbocycles. The Morgan fingerprint density at radius 3 is 2.41 bits per heavy atom. The number of nitrogens with zero attached hydrogens (tertiary/aromatic N) is 3. The predicted octanol–water partition coefficient (Wildman–Crippen LogP) is 4.76. The van der Waals surface area contributed by atoms with E-state index in [1.54, 1.807) is 24.1 Å². The smallest absolute Gasteiger partial charge is 0.223 e. The van der Waals surface area contributed by atoms with Crippen LogP contribution in [-0.4, -0.2) is 27.4 Å². The first kappa shape index (κ1) is 18.9. The van der Waals surface area contributed by atoms with Gasteiger partial charge in [-0.2, -0.15) is 0 Å². The van der Waals surface area contributed by atoms with Gasteiger partial charge in [-0.15, -0.1) is 0 Å². The maximum absolute atomic E-state index is 13.1. The number of fused-ring (bicyclic) bond motifs is 1. The van der Waals surface area contributed by atoms with E-state index in [-0.39, 0.29) is 11.7 Å². The van der Waals surface area contributed by atoms with E-state index in [1.807, 2.05) is 54.6 Å². The average molecular weight is 387 g/mol. The summed E-state index contributed by atoms with van der Waals surface area (Å²) in [4.78, 5) is 19.1. The van der Waals surface area contributed by atoms with Gasteiger partial charge in [-0.3, -0.25) is 9.36 Å². The lowest BCUT2D eigenvalue weighted by atomic mass is 10.2.